The van der Waals surface area contributed by atoms with Crippen LogP contribution < -0.4 is 5.32 Å². The first kappa shape index (κ1) is 19.9. The molecule has 2 rings (SSSR count). The zero-order chi connectivity index (χ0) is 19.1. The van der Waals surface area contributed by atoms with Crippen LogP contribution in [0.2, 0.25) is 0 Å². The maximum absolute atomic E-state index is 13.0. The molecule has 1 aromatic carbocycles. The second kappa shape index (κ2) is 9.31. The number of amides is 2. The van der Waals surface area contributed by atoms with Crippen LogP contribution in [0.1, 0.15) is 44.6 Å². The molecule has 1 fully saturated rings. The molecule has 1 aromatic rings. The van der Waals surface area contributed by atoms with E-state index in [0.717, 1.165) is 25.7 Å². The van der Waals surface area contributed by atoms with Gasteiger partial charge in [0.1, 0.15) is 12.4 Å². The minimum absolute atomic E-state index is 0.0156. The Morgan fingerprint density at radius 1 is 1.23 bits per heavy atom. The Morgan fingerprint density at radius 2 is 1.85 bits per heavy atom. The molecule has 1 atom stereocenters. The van der Waals surface area contributed by atoms with E-state index in [4.69, 9.17) is 5.11 Å². The third-order valence-electron chi connectivity index (χ3n) is 4.56. The Labute approximate surface area is 152 Å². The topological polar surface area (TPSA) is 86.7 Å². The van der Waals surface area contributed by atoms with Crippen LogP contribution in [0.15, 0.2) is 24.3 Å². The molecule has 1 unspecified atom stereocenters. The average molecular weight is 364 g/mol. The minimum atomic E-state index is -1.12. The number of nitrogens with one attached hydrogen (secondary N) is 1. The number of carbonyl (C=O) groups is 3. The van der Waals surface area contributed by atoms with E-state index in [2.05, 4.69) is 5.32 Å². The molecule has 142 valence electrons. The molecule has 2 N–H and O–H groups in total. The van der Waals surface area contributed by atoms with Crippen molar-refractivity contribution in [2.75, 3.05) is 6.54 Å². The third kappa shape index (κ3) is 6.13. The van der Waals surface area contributed by atoms with E-state index >= 15 is 0 Å². The van der Waals surface area contributed by atoms with Crippen molar-refractivity contribution in [3.05, 3.63) is 35.6 Å². The van der Waals surface area contributed by atoms with Gasteiger partial charge in [-0.1, -0.05) is 25.0 Å². The van der Waals surface area contributed by atoms with E-state index in [1.165, 1.54) is 29.2 Å². The number of benzene rings is 1. The molecule has 1 saturated carbocycles. The summed E-state index contributed by atoms with van der Waals surface area (Å²) in [5.41, 5.74) is 0.642. The third-order valence-corrected chi connectivity index (χ3v) is 4.56. The van der Waals surface area contributed by atoms with E-state index in [0.29, 0.717) is 5.56 Å². The highest BCUT2D eigenvalue weighted by molar-refractivity contribution is 5.83. The lowest BCUT2D eigenvalue weighted by molar-refractivity contribution is -0.145. The highest BCUT2D eigenvalue weighted by Gasteiger charge is 2.25. The van der Waals surface area contributed by atoms with Crippen molar-refractivity contribution in [2.45, 2.75) is 51.6 Å². The van der Waals surface area contributed by atoms with Crippen molar-refractivity contribution < 1.29 is 23.9 Å². The van der Waals surface area contributed by atoms with Gasteiger partial charge in [-0.15, -0.1) is 0 Å². The minimum Gasteiger partial charge on any atom is -0.480 e. The number of hydrogen-bond donors (Lipinski definition) is 2. The van der Waals surface area contributed by atoms with Gasteiger partial charge in [-0.3, -0.25) is 14.4 Å². The molecular formula is C19H25FN2O4. The summed E-state index contributed by atoms with van der Waals surface area (Å²) in [6, 6.07) is 5.19. The predicted octanol–water partition coefficient (Wildman–Crippen LogP) is 2.32. The molecule has 6 nitrogen and oxygen atoms in total. The lowest BCUT2D eigenvalue weighted by Gasteiger charge is -2.23. The molecule has 1 aliphatic carbocycles. The van der Waals surface area contributed by atoms with Gasteiger partial charge < -0.3 is 15.3 Å². The van der Waals surface area contributed by atoms with Crippen LogP contribution in [0.4, 0.5) is 4.39 Å². The monoisotopic (exact) mass is 364 g/mol. The first-order valence-electron chi connectivity index (χ1n) is 8.89. The number of aliphatic carboxylic acids is 1. The van der Waals surface area contributed by atoms with Crippen molar-refractivity contribution in [1.29, 1.82) is 0 Å². The Kier molecular flexibility index (Phi) is 7.12. The van der Waals surface area contributed by atoms with Crippen LogP contribution in [0.25, 0.3) is 0 Å². The van der Waals surface area contributed by atoms with Gasteiger partial charge in [0, 0.05) is 24.9 Å². The van der Waals surface area contributed by atoms with Gasteiger partial charge in [0.25, 0.3) is 0 Å². The van der Waals surface area contributed by atoms with Gasteiger partial charge in [-0.2, -0.15) is 0 Å². The Morgan fingerprint density at radius 3 is 2.42 bits per heavy atom. The van der Waals surface area contributed by atoms with Gasteiger partial charge >= 0.3 is 5.97 Å². The number of hydrogen-bond acceptors (Lipinski definition) is 3. The van der Waals surface area contributed by atoms with Crippen LogP contribution >= 0.6 is 0 Å². The van der Waals surface area contributed by atoms with E-state index in [9.17, 15) is 18.8 Å². The maximum Gasteiger partial charge on any atom is 0.323 e. The quantitative estimate of drug-likeness (QED) is 0.741. The fraction of sp³-hybridized carbons (Fsp3) is 0.526. The molecule has 0 bridgehead atoms. The largest absolute Gasteiger partial charge is 0.480 e. The molecule has 2 amide bonds. The lowest BCUT2D eigenvalue weighted by Crippen LogP contribution is -2.42. The van der Waals surface area contributed by atoms with E-state index < -0.39 is 18.3 Å². The van der Waals surface area contributed by atoms with Gasteiger partial charge in [0.15, 0.2) is 0 Å². The summed E-state index contributed by atoms with van der Waals surface area (Å²) < 4.78 is 13.0. The zero-order valence-electron chi connectivity index (χ0n) is 14.9. The molecule has 0 radical (unpaired) electrons. The summed E-state index contributed by atoms with van der Waals surface area (Å²) >= 11 is 0. The Balaban J connectivity index is 1.93. The van der Waals surface area contributed by atoms with Gasteiger partial charge in [-0.25, -0.2) is 4.39 Å². The van der Waals surface area contributed by atoms with Crippen molar-refractivity contribution in [3.63, 3.8) is 0 Å². The number of carbonyl (C=O) groups excluding carboxylic acids is 2. The average Bonchev–Trinajstić information content (AvgIpc) is 3.10. The Bertz CT molecular complexity index is 641. The van der Waals surface area contributed by atoms with Crippen molar-refractivity contribution in [2.24, 2.45) is 5.92 Å². The molecular weight excluding hydrogens is 339 g/mol. The SMILES string of the molecule is CC(CC(=O)N(CC(=O)O)Cc1ccc(F)cc1)NC(=O)C1CCCC1. The van der Waals surface area contributed by atoms with Gasteiger partial charge in [0.05, 0.1) is 0 Å². The number of nitrogens with zero attached hydrogens (tertiary/aromatic N) is 1. The summed E-state index contributed by atoms with van der Waals surface area (Å²) in [5, 5.41) is 11.9. The molecule has 7 heteroatoms. The van der Waals surface area contributed by atoms with Gasteiger partial charge in [0.2, 0.25) is 11.8 Å². The summed E-state index contributed by atoms with van der Waals surface area (Å²) in [6.07, 6.45) is 3.88. The first-order valence-corrected chi connectivity index (χ1v) is 8.89. The van der Waals surface area contributed by atoms with E-state index in [1.54, 1.807) is 6.92 Å². The Hall–Kier alpha value is -2.44. The van der Waals surface area contributed by atoms with Crippen LogP contribution in [-0.4, -0.2) is 40.4 Å². The number of halogens is 1. The van der Waals surface area contributed by atoms with Crippen LogP contribution in [-0.2, 0) is 20.9 Å². The van der Waals surface area contributed by atoms with Crippen molar-refractivity contribution in [3.8, 4) is 0 Å². The molecule has 0 heterocycles. The second-order valence-corrected chi connectivity index (χ2v) is 6.87. The van der Waals surface area contributed by atoms with Crippen molar-refractivity contribution in [1.82, 2.24) is 10.2 Å². The number of rotatable bonds is 8. The number of carboxylic acid groups (broad SMARTS) is 1. The fourth-order valence-corrected chi connectivity index (χ4v) is 3.20. The van der Waals surface area contributed by atoms with E-state index in [-0.39, 0.29) is 36.7 Å². The predicted molar refractivity (Wildman–Crippen MR) is 93.6 cm³/mol. The summed E-state index contributed by atoms with van der Waals surface area (Å²) in [4.78, 5) is 36.9. The molecule has 0 aliphatic heterocycles. The normalized spacial score (nSPS) is 15.5. The highest BCUT2D eigenvalue weighted by Crippen LogP contribution is 2.24. The smallest absolute Gasteiger partial charge is 0.323 e. The molecule has 26 heavy (non-hydrogen) atoms. The number of carboxylic acids is 1. The molecule has 0 aromatic heterocycles. The van der Waals surface area contributed by atoms with E-state index in [1.807, 2.05) is 0 Å². The van der Waals surface area contributed by atoms with Crippen LogP contribution in [0.5, 0.6) is 0 Å². The summed E-state index contributed by atoms with van der Waals surface area (Å²) in [7, 11) is 0. The summed E-state index contributed by atoms with van der Waals surface area (Å²) in [5.74, 6) is -1.90. The lowest BCUT2D eigenvalue weighted by atomic mass is 10.1. The zero-order valence-corrected chi connectivity index (χ0v) is 14.9. The molecule has 1 aliphatic rings. The van der Waals surface area contributed by atoms with Crippen LogP contribution in [0.3, 0.4) is 0 Å². The molecule has 0 spiro atoms. The summed E-state index contributed by atoms with van der Waals surface area (Å²) in [6.45, 7) is 1.37. The highest BCUT2D eigenvalue weighted by atomic mass is 19.1. The second-order valence-electron chi connectivity index (χ2n) is 6.87. The molecule has 0 saturated heterocycles. The maximum atomic E-state index is 13.0. The standard InChI is InChI=1S/C19H25FN2O4/c1-13(21-19(26)15-4-2-3-5-15)10-17(23)22(12-18(24)25)11-14-6-8-16(20)9-7-14/h6-9,13,15H,2-5,10-12H2,1H3,(H,21,26)(H,24,25). The van der Waals surface area contributed by atoms with Crippen molar-refractivity contribution >= 4 is 17.8 Å². The fourth-order valence-electron chi connectivity index (χ4n) is 3.20. The van der Waals surface area contributed by atoms with Gasteiger partial charge in [-0.05, 0) is 37.5 Å². The first-order chi connectivity index (χ1) is 12.3. The van der Waals surface area contributed by atoms with Crippen LogP contribution in [0, 0.1) is 11.7 Å².